The zero-order valence-corrected chi connectivity index (χ0v) is 16.8. The molecular weight excluding hydrogens is 348 g/mol. The van der Waals surface area contributed by atoms with Crippen molar-refractivity contribution in [3.8, 4) is 5.75 Å². The van der Waals surface area contributed by atoms with E-state index in [9.17, 15) is 4.79 Å². The van der Waals surface area contributed by atoms with E-state index in [1.54, 1.807) is 7.11 Å². The molecule has 0 saturated heterocycles. The Morgan fingerprint density at radius 2 is 2.19 bits per heavy atom. The smallest absolute Gasteiger partial charge is 0.316 e. The number of hydrogen-bond donors (Lipinski definition) is 1. The Hall–Kier alpha value is -1.69. The van der Waals surface area contributed by atoms with Gasteiger partial charge in [-0.1, -0.05) is 39.0 Å². The fourth-order valence-electron chi connectivity index (χ4n) is 3.74. The third-order valence-corrected chi connectivity index (χ3v) is 6.09. The predicted molar refractivity (Wildman–Crippen MR) is 105 cm³/mol. The largest absolute Gasteiger partial charge is 0.497 e. The van der Waals surface area contributed by atoms with Crippen LogP contribution in [0.25, 0.3) is 11.0 Å². The summed E-state index contributed by atoms with van der Waals surface area (Å²) in [5, 5.41) is 0.725. The molecule has 1 aliphatic rings. The number of imidazole rings is 1. The Bertz CT molecular complexity index is 759. The lowest BCUT2D eigenvalue weighted by Gasteiger charge is -2.36. The van der Waals surface area contributed by atoms with Crippen LogP contribution in [0, 0.1) is 17.8 Å². The topological polar surface area (TPSA) is 64.2 Å². The molecule has 0 spiro atoms. The van der Waals surface area contributed by atoms with E-state index in [0.29, 0.717) is 17.8 Å². The molecular formula is C20H28N2O3S. The minimum absolute atomic E-state index is 0.0479. The summed E-state index contributed by atoms with van der Waals surface area (Å²) in [5.41, 5.74) is 1.77. The number of nitrogens with one attached hydrogen (secondary N) is 1. The maximum Gasteiger partial charge on any atom is 0.316 e. The van der Waals surface area contributed by atoms with E-state index in [1.165, 1.54) is 18.2 Å². The van der Waals surface area contributed by atoms with Crippen molar-refractivity contribution < 1.29 is 14.3 Å². The SMILES string of the molecule is COc1ccc2nc(SCC(=O)OC3CC(C)CCC3C(C)C)[nH]c2c1. The Morgan fingerprint density at radius 3 is 2.92 bits per heavy atom. The molecule has 1 fully saturated rings. The van der Waals surface area contributed by atoms with Crippen molar-refractivity contribution in [1.29, 1.82) is 0 Å². The maximum absolute atomic E-state index is 12.4. The monoisotopic (exact) mass is 376 g/mol. The third-order valence-electron chi connectivity index (χ3n) is 5.24. The number of ether oxygens (including phenoxy) is 2. The molecule has 3 rings (SSSR count). The van der Waals surface area contributed by atoms with Crippen LogP contribution in [0.1, 0.15) is 40.0 Å². The Morgan fingerprint density at radius 1 is 1.38 bits per heavy atom. The predicted octanol–water partition coefficient (Wildman–Crippen LogP) is 4.67. The second-order valence-electron chi connectivity index (χ2n) is 7.57. The first-order chi connectivity index (χ1) is 12.5. The summed E-state index contributed by atoms with van der Waals surface area (Å²) in [5.74, 6) is 2.53. The Kier molecular flexibility index (Phi) is 6.12. The molecule has 3 atom stereocenters. The third kappa shape index (κ3) is 4.53. The van der Waals surface area contributed by atoms with E-state index >= 15 is 0 Å². The number of carbonyl (C=O) groups excluding carboxylic acids is 1. The van der Waals surface area contributed by atoms with Gasteiger partial charge in [-0.3, -0.25) is 4.79 Å². The normalized spacial score (nSPS) is 23.3. The van der Waals surface area contributed by atoms with E-state index in [0.717, 1.165) is 34.8 Å². The number of aromatic amines is 1. The van der Waals surface area contributed by atoms with Gasteiger partial charge in [-0.05, 0) is 42.7 Å². The summed E-state index contributed by atoms with van der Waals surface area (Å²) in [6, 6.07) is 5.69. The summed E-state index contributed by atoms with van der Waals surface area (Å²) >= 11 is 1.38. The fraction of sp³-hybridized carbons (Fsp3) is 0.600. The van der Waals surface area contributed by atoms with Crippen LogP contribution in [-0.2, 0) is 9.53 Å². The quantitative estimate of drug-likeness (QED) is 0.586. The van der Waals surface area contributed by atoms with Crippen molar-refractivity contribution in [2.24, 2.45) is 17.8 Å². The van der Waals surface area contributed by atoms with Gasteiger partial charge in [0.15, 0.2) is 5.16 Å². The van der Waals surface area contributed by atoms with Crippen molar-refractivity contribution in [2.45, 2.75) is 51.3 Å². The lowest BCUT2D eigenvalue weighted by molar-refractivity contribution is -0.152. The maximum atomic E-state index is 12.4. The number of methoxy groups -OCH3 is 1. The first kappa shape index (κ1) is 19.1. The Labute approximate surface area is 159 Å². The number of thioether (sulfide) groups is 1. The van der Waals surface area contributed by atoms with E-state index in [-0.39, 0.29) is 17.8 Å². The van der Waals surface area contributed by atoms with Crippen LogP contribution in [-0.4, -0.2) is 34.9 Å². The lowest BCUT2D eigenvalue weighted by atomic mass is 9.75. The van der Waals surface area contributed by atoms with E-state index < -0.39 is 0 Å². The van der Waals surface area contributed by atoms with Crippen LogP contribution in [0.3, 0.4) is 0 Å². The second kappa shape index (κ2) is 8.33. The summed E-state index contributed by atoms with van der Waals surface area (Å²) in [6.07, 6.45) is 3.40. The van der Waals surface area contributed by atoms with E-state index in [2.05, 4.69) is 30.7 Å². The molecule has 6 heteroatoms. The van der Waals surface area contributed by atoms with E-state index in [4.69, 9.17) is 9.47 Å². The molecule has 3 unspecified atom stereocenters. The standard InChI is InChI=1S/C20H28N2O3S/c1-12(2)15-7-5-13(3)9-18(15)25-19(23)11-26-20-21-16-8-6-14(24-4)10-17(16)22-20/h6,8,10,12-13,15,18H,5,7,9,11H2,1-4H3,(H,21,22). The number of nitrogens with zero attached hydrogens (tertiary/aromatic N) is 1. The van der Waals surface area contributed by atoms with Gasteiger partial charge < -0.3 is 14.5 Å². The number of rotatable bonds is 6. The minimum atomic E-state index is -0.155. The van der Waals surface area contributed by atoms with Crippen molar-refractivity contribution in [3.63, 3.8) is 0 Å². The van der Waals surface area contributed by atoms with Gasteiger partial charge in [0.25, 0.3) is 0 Å². The Balaban J connectivity index is 1.58. The van der Waals surface area contributed by atoms with Gasteiger partial charge in [0.2, 0.25) is 0 Å². The summed E-state index contributed by atoms with van der Waals surface area (Å²) < 4.78 is 11.1. The second-order valence-corrected chi connectivity index (χ2v) is 8.53. The van der Waals surface area contributed by atoms with Gasteiger partial charge >= 0.3 is 5.97 Å². The molecule has 0 amide bonds. The molecule has 1 aromatic carbocycles. The van der Waals surface area contributed by atoms with Crippen LogP contribution >= 0.6 is 11.8 Å². The van der Waals surface area contributed by atoms with Crippen LogP contribution in [0.2, 0.25) is 0 Å². The number of esters is 1. The van der Waals surface area contributed by atoms with Crippen molar-refractivity contribution in [1.82, 2.24) is 9.97 Å². The average molecular weight is 377 g/mol. The molecule has 5 nitrogen and oxygen atoms in total. The van der Waals surface area contributed by atoms with Crippen molar-refractivity contribution >= 4 is 28.8 Å². The highest BCUT2D eigenvalue weighted by Crippen LogP contribution is 2.35. The van der Waals surface area contributed by atoms with Gasteiger partial charge in [0.05, 0.1) is 23.9 Å². The highest BCUT2D eigenvalue weighted by molar-refractivity contribution is 7.99. The molecule has 0 bridgehead atoms. The van der Waals surface area contributed by atoms with Gasteiger partial charge in [-0.2, -0.15) is 0 Å². The van der Waals surface area contributed by atoms with Gasteiger partial charge in [-0.25, -0.2) is 4.98 Å². The van der Waals surface area contributed by atoms with Crippen molar-refractivity contribution in [2.75, 3.05) is 12.9 Å². The number of hydrogen-bond acceptors (Lipinski definition) is 5. The van der Waals surface area contributed by atoms with Gasteiger partial charge in [0.1, 0.15) is 11.9 Å². The summed E-state index contributed by atoms with van der Waals surface area (Å²) in [4.78, 5) is 20.1. The molecule has 1 saturated carbocycles. The first-order valence-corrected chi connectivity index (χ1v) is 10.3. The summed E-state index contributed by atoms with van der Waals surface area (Å²) in [6.45, 7) is 6.69. The van der Waals surface area contributed by atoms with Crippen LogP contribution in [0.4, 0.5) is 0 Å². The minimum Gasteiger partial charge on any atom is -0.497 e. The first-order valence-electron chi connectivity index (χ1n) is 9.32. The molecule has 1 heterocycles. The molecule has 1 N–H and O–H groups in total. The van der Waals surface area contributed by atoms with Gasteiger partial charge in [0, 0.05) is 6.07 Å². The molecule has 1 aliphatic carbocycles. The van der Waals surface area contributed by atoms with Crippen LogP contribution in [0.5, 0.6) is 5.75 Å². The number of carbonyl (C=O) groups is 1. The highest BCUT2D eigenvalue weighted by atomic mass is 32.2. The number of fused-ring (bicyclic) bond motifs is 1. The molecule has 2 aromatic rings. The number of benzene rings is 1. The highest BCUT2D eigenvalue weighted by Gasteiger charge is 2.33. The molecule has 142 valence electrons. The van der Waals surface area contributed by atoms with E-state index in [1.807, 2.05) is 18.2 Å². The molecule has 26 heavy (non-hydrogen) atoms. The number of H-pyrrole nitrogens is 1. The molecule has 1 aromatic heterocycles. The molecule has 0 aliphatic heterocycles. The summed E-state index contributed by atoms with van der Waals surface area (Å²) in [7, 11) is 1.64. The fourth-order valence-corrected chi connectivity index (χ4v) is 4.41. The van der Waals surface area contributed by atoms with Gasteiger partial charge in [-0.15, -0.1) is 0 Å². The number of aromatic nitrogens is 2. The average Bonchev–Trinajstić information content (AvgIpc) is 3.01. The zero-order valence-electron chi connectivity index (χ0n) is 16.0. The lowest BCUT2D eigenvalue weighted by Crippen LogP contribution is -2.36. The molecule has 0 radical (unpaired) electrons. The van der Waals surface area contributed by atoms with Crippen LogP contribution in [0.15, 0.2) is 23.4 Å². The van der Waals surface area contributed by atoms with Crippen molar-refractivity contribution in [3.05, 3.63) is 18.2 Å². The zero-order chi connectivity index (χ0) is 18.7. The van der Waals surface area contributed by atoms with Crippen LogP contribution < -0.4 is 4.74 Å².